The molecule has 0 unspecified atom stereocenters. The van der Waals surface area contributed by atoms with Crippen molar-refractivity contribution in [1.82, 2.24) is 9.88 Å². The summed E-state index contributed by atoms with van der Waals surface area (Å²) in [6.45, 7) is 0.326. The van der Waals surface area contributed by atoms with Gasteiger partial charge >= 0.3 is 0 Å². The van der Waals surface area contributed by atoms with Gasteiger partial charge in [0.2, 0.25) is 5.91 Å². The maximum atomic E-state index is 12.0. The number of nitrogens with one attached hydrogen (secondary N) is 1. The molecular weight excluding hydrogens is 336 g/mol. The fraction of sp³-hybridized carbons (Fsp3) is 0.267. The van der Waals surface area contributed by atoms with Gasteiger partial charge in [-0.1, -0.05) is 12.1 Å². The van der Waals surface area contributed by atoms with Gasteiger partial charge in [0.15, 0.2) is 0 Å². The van der Waals surface area contributed by atoms with Gasteiger partial charge < -0.3 is 16.0 Å². The summed E-state index contributed by atoms with van der Waals surface area (Å²) in [7, 11) is 3.45. The third-order valence-electron chi connectivity index (χ3n) is 3.02. The molecule has 6 nitrogen and oxygen atoms in total. The van der Waals surface area contributed by atoms with Gasteiger partial charge in [-0.3, -0.25) is 9.59 Å². The Bertz CT molecular complexity index is 670. The molecule has 124 valence electrons. The predicted molar refractivity (Wildman–Crippen MR) is 94.0 cm³/mol. The summed E-state index contributed by atoms with van der Waals surface area (Å²) >= 11 is 1.36. The summed E-state index contributed by atoms with van der Waals surface area (Å²) in [6.07, 6.45) is 0.340. The minimum atomic E-state index is -0.270. The highest BCUT2D eigenvalue weighted by molar-refractivity contribution is 7.09. The molecule has 2 aromatic rings. The number of aromatic nitrogens is 1. The Balaban J connectivity index is 0.00000264. The van der Waals surface area contributed by atoms with Gasteiger partial charge in [-0.05, 0) is 17.7 Å². The highest BCUT2D eigenvalue weighted by Gasteiger charge is 2.11. The molecular formula is C15H19ClN4O2S. The van der Waals surface area contributed by atoms with Crippen molar-refractivity contribution in [3.05, 3.63) is 45.9 Å². The van der Waals surface area contributed by atoms with E-state index in [1.165, 1.54) is 11.3 Å². The van der Waals surface area contributed by atoms with E-state index in [-0.39, 0.29) is 24.2 Å². The van der Waals surface area contributed by atoms with Gasteiger partial charge in [-0.15, -0.1) is 23.7 Å². The van der Waals surface area contributed by atoms with Crippen molar-refractivity contribution in [1.29, 1.82) is 0 Å². The number of hydrogen-bond acceptors (Lipinski definition) is 5. The lowest BCUT2D eigenvalue weighted by atomic mass is 10.1. The van der Waals surface area contributed by atoms with Crippen LogP contribution in [-0.2, 0) is 17.8 Å². The number of carbonyl (C=O) groups excluding carboxylic acids is 2. The van der Waals surface area contributed by atoms with Crippen molar-refractivity contribution < 1.29 is 9.59 Å². The van der Waals surface area contributed by atoms with Crippen LogP contribution in [0.3, 0.4) is 0 Å². The smallest absolute Gasteiger partial charge is 0.275 e. The van der Waals surface area contributed by atoms with E-state index in [2.05, 4.69) is 10.3 Å². The molecule has 0 spiro atoms. The molecule has 0 bridgehead atoms. The van der Waals surface area contributed by atoms with Gasteiger partial charge in [-0.25, -0.2) is 4.98 Å². The first-order chi connectivity index (χ1) is 10.5. The van der Waals surface area contributed by atoms with E-state index < -0.39 is 0 Å². The number of anilines is 1. The van der Waals surface area contributed by atoms with Gasteiger partial charge in [0, 0.05) is 31.7 Å². The van der Waals surface area contributed by atoms with E-state index in [9.17, 15) is 9.59 Å². The van der Waals surface area contributed by atoms with Crippen LogP contribution in [0.5, 0.6) is 0 Å². The summed E-state index contributed by atoms with van der Waals surface area (Å²) in [5.41, 5.74) is 7.40. The monoisotopic (exact) mass is 354 g/mol. The summed E-state index contributed by atoms with van der Waals surface area (Å²) in [5, 5.41) is 5.17. The van der Waals surface area contributed by atoms with Crippen molar-refractivity contribution in [3.8, 4) is 0 Å². The Morgan fingerprint density at radius 3 is 2.43 bits per heavy atom. The number of nitrogens with two attached hydrogens (primary N) is 1. The standard InChI is InChI=1S/C15H18N4O2S.ClH/c1-19(2)14(20)7-10-3-5-11(6-4-10)17-15(21)12-9-22-13(8-16)18-12;/h3-6,9H,7-8,16H2,1-2H3,(H,17,21);1H. The minimum Gasteiger partial charge on any atom is -0.349 e. The van der Waals surface area contributed by atoms with E-state index >= 15 is 0 Å². The lowest BCUT2D eigenvalue weighted by Gasteiger charge is -2.10. The van der Waals surface area contributed by atoms with Crippen LogP contribution in [0.4, 0.5) is 5.69 Å². The molecule has 1 heterocycles. The second kappa shape index (κ2) is 8.61. The van der Waals surface area contributed by atoms with Crippen molar-refractivity contribution in [3.63, 3.8) is 0 Å². The molecule has 3 N–H and O–H groups in total. The fourth-order valence-corrected chi connectivity index (χ4v) is 2.40. The Labute approximate surface area is 145 Å². The van der Waals surface area contributed by atoms with E-state index in [1.807, 2.05) is 12.1 Å². The van der Waals surface area contributed by atoms with Crippen LogP contribution < -0.4 is 11.1 Å². The fourth-order valence-electron chi connectivity index (χ4n) is 1.74. The van der Waals surface area contributed by atoms with Crippen molar-refractivity contribution in [2.75, 3.05) is 19.4 Å². The SMILES string of the molecule is CN(C)C(=O)Cc1ccc(NC(=O)c2csc(CN)n2)cc1.Cl. The van der Waals surface area contributed by atoms with Gasteiger partial charge in [0.1, 0.15) is 10.7 Å². The Hall–Kier alpha value is -1.96. The summed E-state index contributed by atoms with van der Waals surface area (Å²) in [6, 6.07) is 7.19. The summed E-state index contributed by atoms with van der Waals surface area (Å²) < 4.78 is 0. The molecule has 1 aromatic heterocycles. The van der Waals surface area contributed by atoms with E-state index in [0.29, 0.717) is 24.3 Å². The first-order valence-electron chi connectivity index (χ1n) is 6.74. The van der Waals surface area contributed by atoms with Crippen molar-refractivity contribution in [2.45, 2.75) is 13.0 Å². The van der Waals surface area contributed by atoms with Crippen LogP contribution in [0.2, 0.25) is 0 Å². The number of thiazole rings is 1. The first-order valence-corrected chi connectivity index (χ1v) is 7.62. The Morgan fingerprint density at radius 1 is 1.26 bits per heavy atom. The molecule has 0 atom stereocenters. The molecule has 0 saturated heterocycles. The molecule has 0 aliphatic rings. The lowest BCUT2D eigenvalue weighted by molar-refractivity contribution is -0.127. The molecule has 8 heteroatoms. The number of benzene rings is 1. The quantitative estimate of drug-likeness (QED) is 0.858. The number of halogens is 1. The Kier molecular flexibility index (Phi) is 7.15. The maximum Gasteiger partial charge on any atom is 0.275 e. The average molecular weight is 355 g/mol. The lowest BCUT2D eigenvalue weighted by Crippen LogP contribution is -2.23. The minimum absolute atomic E-state index is 0. The molecule has 2 rings (SSSR count). The average Bonchev–Trinajstić information content (AvgIpc) is 2.98. The van der Waals surface area contributed by atoms with Crippen LogP contribution in [0.1, 0.15) is 21.1 Å². The second-order valence-corrected chi connectivity index (χ2v) is 5.89. The molecule has 0 radical (unpaired) electrons. The molecule has 0 aliphatic heterocycles. The van der Waals surface area contributed by atoms with Gasteiger partial charge in [-0.2, -0.15) is 0 Å². The number of amides is 2. The summed E-state index contributed by atoms with van der Waals surface area (Å²) in [4.78, 5) is 29.3. The molecule has 2 amide bonds. The van der Waals surface area contributed by atoms with Crippen LogP contribution in [0, 0.1) is 0 Å². The molecule has 1 aromatic carbocycles. The number of carbonyl (C=O) groups is 2. The van der Waals surface area contributed by atoms with Gasteiger partial charge in [0.25, 0.3) is 5.91 Å². The van der Waals surface area contributed by atoms with E-state index in [0.717, 1.165) is 10.6 Å². The van der Waals surface area contributed by atoms with E-state index in [4.69, 9.17) is 5.73 Å². The van der Waals surface area contributed by atoms with Crippen molar-refractivity contribution in [2.24, 2.45) is 5.73 Å². The largest absolute Gasteiger partial charge is 0.349 e. The highest BCUT2D eigenvalue weighted by Crippen LogP contribution is 2.14. The predicted octanol–water partition coefficient (Wildman–Crippen LogP) is 1.91. The molecule has 0 saturated carbocycles. The van der Waals surface area contributed by atoms with Crippen LogP contribution in [0.25, 0.3) is 0 Å². The first kappa shape index (κ1) is 19.1. The molecule has 23 heavy (non-hydrogen) atoms. The third kappa shape index (κ3) is 5.31. The van der Waals surface area contributed by atoms with Crippen LogP contribution >= 0.6 is 23.7 Å². The zero-order valence-corrected chi connectivity index (χ0v) is 14.5. The molecule has 0 fully saturated rings. The highest BCUT2D eigenvalue weighted by atomic mass is 35.5. The topological polar surface area (TPSA) is 88.3 Å². The molecule has 0 aliphatic carbocycles. The van der Waals surface area contributed by atoms with Gasteiger partial charge in [0.05, 0.1) is 6.42 Å². The number of hydrogen-bond donors (Lipinski definition) is 2. The summed E-state index contributed by atoms with van der Waals surface area (Å²) in [5.74, 6) is -0.235. The Morgan fingerprint density at radius 2 is 1.91 bits per heavy atom. The zero-order chi connectivity index (χ0) is 16.1. The van der Waals surface area contributed by atoms with Crippen molar-refractivity contribution >= 4 is 41.2 Å². The zero-order valence-electron chi connectivity index (χ0n) is 12.9. The maximum absolute atomic E-state index is 12.0. The number of rotatable bonds is 5. The third-order valence-corrected chi connectivity index (χ3v) is 3.90. The second-order valence-electron chi connectivity index (χ2n) is 4.95. The van der Waals surface area contributed by atoms with E-state index in [1.54, 1.807) is 36.5 Å². The van der Waals surface area contributed by atoms with Crippen LogP contribution in [0.15, 0.2) is 29.6 Å². The normalized spacial score (nSPS) is 9.87. The number of likely N-dealkylation sites (N-methyl/N-ethyl adjacent to an activating group) is 1. The van der Waals surface area contributed by atoms with Crippen LogP contribution in [-0.4, -0.2) is 35.8 Å². The number of nitrogens with zero attached hydrogens (tertiary/aromatic N) is 2.